The Hall–Kier alpha value is -2.58. The molecule has 25 heavy (non-hydrogen) atoms. The number of aromatic nitrogens is 2. The molecule has 0 amide bonds. The van der Waals surface area contributed by atoms with E-state index in [4.69, 9.17) is 4.52 Å². The molecule has 0 radical (unpaired) electrons. The minimum Gasteiger partial charge on any atom is -0.356 e. The molecule has 9 heteroatoms. The first-order valence-corrected chi connectivity index (χ1v) is 7.78. The molecular formula is C16H20F3N5O. The normalized spacial score (nSPS) is 12.3. The van der Waals surface area contributed by atoms with Gasteiger partial charge >= 0.3 is 6.18 Å². The lowest BCUT2D eigenvalue weighted by Gasteiger charge is -2.13. The van der Waals surface area contributed by atoms with Crippen LogP contribution in [0.5, 0.6) is 0 Å². The SMILES string of the molecule is CN=C(NCCCc1nc(C)no1)NCc1cccc(C(F)(F)F)c1. The molecule has 2 rings (SSSR count). The maximum Gasteiger partial charge on any atom is 0.416 e. The van der Waals surface area contributed by atoms with E-state index in [1.165, 1.54) is 6.07 Å². The van der Waals surface area contributed by atoms with Crippen molar-refractivity contribution in [3.63, 3.8) is 0 Å². The monoisotopic (exact) mass is 355 g/mol. The van der Waals surface area contributed by atoms with Gasteiger partial charge in [0.1, 0.15) is 0 Å². The lowest BCUT2D eigenvalue weighted by Crippen LogP contribution is -2.37. The van der Waals surface area contributed by atoms with Crippen molar-refractivity contribution in [1.29, 1.82) is 0 Å². The van der Waals surface area contributed by atoms with E-state index in [1.54, 1.807) is 20.0 Å². The summed E-state index contributed by atoms with van der Waals surface area (Å²) in [5, 5.41) is 9.79. The van der Waals surface area contributed by atoms with Gasteiger partial charge in [0.05, 0.1) is 5.56 Å². The zero-order valence-corrected chi connectivity index (χ0v) is 14.0. The van der Waals surface area contributed by atoms with Crippen molar-refractivity contribution < 1.29 is 17.7 Å². The number of nitrogens with one attached hydrogen (secondary N) is 2. The van der Waals surface area contributed by atoms with Crippen LogP contribution in [-0.4, -0.2) is 29.7 Å². The molecule has 0 unspecified atom stereocenters. The van der Waals surface area contributed by atoms with Crippen LogP contribution < -0.4 is 10.6 Å². The van der Waals surface area contributed by atoms with E-state index in [1.807, 2.05) is 0 Å². The molecule has 0 fully saturated rings. The van der Waals surface area contributed by atoms with E-state index in [0.29, 0.717) is 36.2 Å². The third-order valence-electron chi connectivity index (χ3n) is 3.37. The minimum atomic E-state index is -4.34. The molecular weight excluding hydrogens is 335 g/mol. The summed E-state index contributed by atoms with van der Waals surface area (Å²) in [5.74, 6) is 1.69. The summed E-state index contributed by atoms with van der Waals surface area (Å²) in [6.07, 6.45) is -2.95. The summed E-state index contributed by atoms with van der Waals surface area (Å²) in [5.41, 5.74) is -0.135. The standard InChI is InChI=1S/C16H20F3N5O/c1-11-23-14(25-24-11)7-4-8-21-15(20-2)22-10-12-5-3-6-13(9-12)16(17,18)19/h3,5-6,9H,4,7-8,10H2,1-2H3,(H2,20,21,22). The molecule has 1 aromatic heterocycles. The van der Waals surface area contributed by atoms with Crippen LogP contribution in [0.3, 0.4) is 0 Å². The fourth-order valence-corrected chi connectivity index (χ4v) is 2.15. The van der Waals surface area contributed by atoms with Gasteiger partial charge in [-0.2, -0.15) is 18.2 Å². The van der Waals surface area contributed by atoms with Gasteiger partial charge in [0.2, 0.25) is 5.89 Å². The second kappa shape index (κ2) is 8.50. The van der Waals surface area contributed by atoms with Gasteiger partial charge in [0.25, 0.3) is 0 Å². The lowest BCUT2D eigenvalue weighted by molar-refractivity contribution is -0.137. The van der Waals surface area contributed by atoms with E-state index >= 15 is 0 Å². The van der Waals surface area contributed by atoms with Crippen LogP contribution in [0.25, 0.3) is 0 Å². The second-order valence-corrected chi connectivity index (χ2v) is 5.39. The fourth-order valence-electron chi connectivity index (χ4n) is 2.15. The predicted octanol–water partition coefficient (Wildman–Crippen LogP) is 2.69. The summed E-state index contributed by atoms with van der Waals surface area (Å²) >= 11 is 0. The molecule has 0 aliphatic heterocycles. The number of hydrogen-bond acceptors (Lipinski definition) is 4. The van der Waals surface area contributed by atoms with Gasteiger partial charge in [-0.3, -0.25) is 4.99 Å². The number of hydrogen-bond donors (Lipinski definition) is 2. The van der Waals surface area contributed by atoms with Crippen molar-refractivity contribution in [2.45, 2.75) is 32.5 Å². The first kappa shape index (κ1) is 18.8. The Morgan fingerprint density at radius 3 is 2.72 bits per heavy atom. The number of aliphatic imine (C=N–C) groups is 1. The topological polar surface area (TPSA) is 75.3 Å². The molecule has 0 aliphatic rings. The average molecular weight is 355 g/mol. The summed E-state index contributed by atoms with van der Waals surface area (Å²) in [7, 11) is 1.60. The van der Waals surface area contributed by atoms with Crippen molar-refractivity contribution in [2.24, 2.45) is 4.99 Å². The van der Waals surface area contributed by atoms with Crippen molar-refractivity contribution in [2.75, 3.05) is 13.6 Å². The molecule has 136 valence electrons. The summed E-state index contributed by atoms with van der Waals surface area (Å²) in [4.78, 5) is 8.15. The van der Waals surface area contributed by atoms with Gasteiger partial charge in [-0.05, 0) is 31.0 Å². The Morgan fingerprint density at radius 2 is 2.08 bits per heavy atom. The van der Waals surface area contributed by atoms with Crippen LogP contribution in [0, 0.1) is 6.92 Å². The zero-order chi connectivity index (χ0) is 18.3. The highest BCUT2D eigenvalue weighted by atomic mass is 19.4. The molecule has 6 nitrogen and oxygen atoms in total. The zero-order valence-electron chi connectivity index (χ0n) is 14.0. The third-order valence-corrected chi connectivity index (χ3v) is 3.37. The Morgan fingerprint density at radius 1 is 1.28 bits per heavy atom. The molecule has 2 aromatic rings. The maximum atomic E-state index is 12.7. The molecule has 0 bridgehead atoms. The molecule has 2 N–H and O–H groups in total. The van der Waals surface area contributed by atoms with Gasteiger partial charge in [-0.1, -0.05) is 17.3 Å². The highest BCUT2D eigenvalue weighted by Crippen LogP contribution is 2.29. The van der Waals surface area contributed by atoms with Crippen molar-refractivity contribution in [3.05, 3.63) is 47.1 Å². The molecule has 0 aliphatic carbocycles. The molecule has 0 spiro atoms. The van der Waals surface area contributed by atoms with Gasteiger partial charge in [0, 0.05) is 26.6 Å². The highest BCUT2D eigenvalue weighted by molar-refractivity contribution is 5.79. The maximum absolute atomic E-state index is 12.7. The van der Waals surface area contributed by atoms with Crippen LogP contribution in [-0.2, 0) is 19.1 Å². The second-order valence-electron chi connectivity index (χ2n) is 5.39. The largest absolute Gasteiger partial charge is 0.416 e. The van der Waals surface area contributed by atoms with Crippen LogP contribution in [0.4, 0.5) is 13.2 Å². The average Bonchev–Trinajstić information content (AvgIpc) is 2.99. The van der Waals surface area contributed by atoms with E-state index in [2.05, 4.69) is 25.8 Å². The van der Waals surface area contributed by atoms with Crippen molar-refractivity contribution in [1.82, 2.24) is 20.8 Å². The molecule has 0 saturated carbocycles. The molecule has 1 aromatic carbocycles. The summed E-state index contributed by atoms with van der Waals surface area (Å²) in [6.45, 7) is 2.61. The quantitative estimate of drug-likeness (QED) is 0.473. The number of guanidine groups is 1. The Labute approximate surface area is 143 Å². The van der Waals surface area contributed by atoms with Crippen LogP contribution in [0.15, 0.2) is 33.8 Å². The number of benzene rings is 1. The van der Waals surface area contributed by atoms with E-state index in [9.17, 15) is 13.2 Å². The third kappa shape index (κ3) is 6.09. The van der Waals surface area contributed by atoms with Gasteiger partial charge < -0.3 is 15.2 Å². The van der Waals surface area contributed by atoms with E-state index in [-0.39, 0.29) is 6.54 Å². The van der Waals surface area contributed by atoms with Crippen LogP contribution >= 0.6 is 0 Å². The van der Waals surface area contributed by atoms with Crippen LogP contribution in [0.2, 0.25) is 0 Å². The van der Waals surface area contributed by atoms with Gasteiger partial charge in [-0.25, -0.2) is 0 Å². The van der Waals surface area contributed by atoms with Crippen molar-refractivity contribution >= 4 is 5.96 Å². The van der Waals surface area contributed by atoms with Gasteiger partial charge in [-0.15, -0.1) is 0 Å². The molecule has 1 heterocycles. The molecule has 0 saturated heterocycles. The molecule has 0 atom stereocenters. The minimum absolute atomic E-state index is 0.243. The first-order valence-electron chi connectivity index (χ1n) is 7.78. The van der Waals surface area contributed by atoms with E-state index < -0.39 is 11.7 Å². The Balaban J connectivity index is 1.76. The van der Waals surface area contributed by atoms with Crippen LogP contribution in [0.1, 0.15) is 29.3 Å². The Kier molecular flexibility index (Phi) is 6.37. The number of alkyl halides is 3. The van der Waals surface area contributed by atoms with E-state index in [0.717, 1.165) is 18.6 Å². The predicted molar refractivity (Wildman–Crippen MR) is 87.0 cm³/mol. The number of nitrogens with zero attached hydrogens (tertiary/aromatic N) is 3. The fraction of sp³-hybridized carbons (Fsp3) is 0.438. The smallest absolute Gasteiger partial charge is 0.356 e. The number of rotatable bonds is 6. The summed E-state index contributed by atoms with van der Waals surface area (Å²) < 4.78 is 43.1. The Bertz CT molecular complexity index is 712. The van der Waals surface area contributed by atoms with Gasteiger partial charge in [0.15, 0.2) is 11.8 Å². The first-order chi connectivity index (χ1) is 11.9. The van der Waals surface area contributed by atoms with Crippen molar-refractivity contribution in [3.8, 4) is 0 Å². The number of halogens is 3. The number of aryl methyl sites for hydroxylation is 2. The lowest BCUT2D eigenvalue weighted by atomic mass is 10.1. The highest BCUT2D eigenvalue weighted by Gasteiger charge is 2.30. The summed E-state index contributed by atoms with van der Waals surface area (Å²) in [6, 6.07) is 5.20.